The van der Waals surface area contributed by atoms with Gasteiger partial charge in [0.25, 0.3) is 0 Å². The zero-order valence-corrected chi connectivity index (χ0v) is 11.0. The number of halogens is 1. The summed E-state index contributed by atoms with van der Waals surface area (Å²) in [4.78, 5) is 12.5. The van der Waals surface area contributed by atoms with Gasteiger partial charge in [-0.25, -0.2) is 4.39 Å². The number of piperidine rings is 1. The number of benzene rings is 1. The Morgan fingerprint density at radius 2 is 2.00 bits per heavy atom. The SMILES string of the molecule is Cc1cc(C(=O)C2CC3COCC(C2)N3)ccc1F. The van der Waals surface area contributed by atoms with Crippen molar-refractivity contribution in [2.75, 3.05) is 13.2 Å². The number of fused-ring (bicyclic) bond motifs is 2. The molecule has 0 aliphatic carbocycles. The van der Waals surface area contributed by atoms with E-state index in [-0.39, 0.29) is 29.6 Å². The lowest BCUT2D eigenvalue weighted by atomic mass is 9.82. The largest absolute Gasteiger partial charge is 0.378 e. The molecule has 1 aromatic rings. The number of hydrogen-bond acceptors (Lipinski definition) is 3. The number of nitrogens with one attached hydrogen (secondary N) is 1. The maximum absolute atomic E-state index is 13.3. The molecule has 2 heterocycles. The number of ketones is 1. The van der Waals surface area contributed by atoms with E-state index in [0.717, 1.165) is 12.8 Å². The number of rotatable bonds is 2. The van der Waals surface area contributed by atoms with Gasteiger partial charge in [-0.3, -0.25) is 4.79 Å². The molecule has 2 aliphatic heterocycles. The van der Waals surface area contributed by atoms with Crippen LogP contribution in [0.3, 0.4) is 0 Å². The molecule has 1 N–H and O–H groups in total. The topological polar surface area (TPSA) is 38.3 Å². The highest BCUT2D eigenvalue weighted by Gasteiger charge is 2.35. The average molecular weight is 263 g/mol. The molecule has 0 saturated carbocycles. The first kappa shape index (κ1) is 12.8. The fourth-order valence-electron chi connectivity index (χ4n) is 3.09. The predicted molar refractivity (Wildman–Crippen MR) is 69.7 cm³/mol. The van der Waals surface area contributed by atoms with Crippen LogP contribution in [-0.4, -0.2) is 31.1 Å². The maximum atomic E-state index is 13.3. The fraction of sp³-hybridized carbons (Fsp3) is 0.533. The molecule has 2 atom stereocenters. The molecule has 2 saturated heterocycles. The van der Waals surface area contributed by atoms with E-state index in [0.29, 0.717) is 24.3 Å². The molecule has 3 nitrogen and oxygen atoms in total. The van der Waals surface area contributed by atoms with Crippen LogP contribution < -0.4 is 5.32 Å². The second-order valence-electron chi connectivity index (χ2n) is 5.59. The van der Waals surface area contributed by atoms with Crippen molar-refractivity contribution in [3.05, 3.63) is 35.1 Å². The fourth-order valence-corrected chi connectivity index (χ4v) is 3.09. The van der Waals surface area contributed by atoms with Gasteiger partial charge in [0, 0.05) is 23.6 Å². The first-order valence-corrected chi connectivity index (χ1v) is 6.77. The molecule has 19 heavy (non-hydrogen) atoms. The first-order chi connectivity index (χ1) is 9.13. The summed E-state index contributed by atoms with van der Waals surface area (Å²) in [5, 5.41) is 3.47. The van der Waals surface area contributed by atoms with Crippen molar-refractivity contribution in [2.45, 2.75) is 31.8 Å². The van der Waals surface area contributed by atoms with E-state index in [1.807, 2.05) is 0 Å². The van der Waals surface area contributed by atoms with Gasteiger partial charge in [0.1, 0.15) is 5.82 Å². The van der Waals surface area contributed by atoms with Crippen LogP contribution in [0.25, 0.3) is 0 Å². The van der Waals surface area contributed by atoms with Crippen molar-refractivity contribution in [1.29, 1.82) is 0 Å². The number of carbonyl (C=O) groups is 1. The smallest absolute Gasteiger partial charge is 0.166 e. The van der Waals surface area contributed by atoms with Crippen LogP contribution in [-0.2, 0) is 4.74 Å². The summed E-state index contributed by atoms with van der Waals surface area (Å²) < 4.78 is 18.7. The van der Waals surface area contributed by atoms with E-state index in [4.69, 9.17) is 4.74 Å². The molecule has 0 amide bonds. The monoisotopic (exact) mass is 263 g/mol. The molecule has 2 fully saturated rings. The summed E-state index contributed by atoms with van der Waals surface area (Å²) in [5.74, 6) is -0.0846. The van der Waals surface area contributed by atoms with Crippen molar-refractivity contribution in [1.82, 2.24) is 5.32 Å². The van der Waals surface area contributed by atoms with Crippen LogP contribution in [0.2, 0.25) is 0 Å². The van der Waals surface area contributed by atoms with E-state index in [2.05, 4.69) is 5.32 Å². The second-order valence-corrected chi connectivity index (χ2v) is 5.59. The number of aryl methyl sites for hydroxylation is 1. The van der Waals surface area contributed by atoms with Gasteiger partial charge in [-0.05, 0) is 43.5 Å². The highest BCUT2D eigenvalue weighted by molar-refractivity contribution is 5.98. The molecule has 102 valence electrons. The molecular formula is C15H18FNO2. The summed E-state index contributed by atoms with van der Waals surface area (Å²) >= 11 is 0. The van der Waals surface area contributed by atoms with Gasteiger partial charge in [-0.1, -0.05) is 0 Å². The van der Waals surface area contributed by atoms with Crippen LogP contribution in [0.4, 0.5) is 4.39 Å². The van der Waals surface area contributed by atoms with Crippen molar-refractivity contribution in [3.63, 3.8) is 0 Å². The van der Waals surface area contributed by atoms with E-state index >= 15 is 0 Å². The Morgan fingerprint density at radius 1 is 1.32 bits per heavy atom. The van der Waals surface area contributed by atoms with Gasteiger partial charge in [0.15, 0.2) is 5.78 Å². The Hall–Kier alpha value is -1.26. The number of Topliss-reactive ketones (excluding diaryl/α,β-unsaturated/α-hetero) is 1. The van der Waals surface area contributed by atoms with Gasteiger partial charge in [0.05, 0.1) is 13.2 Å². The Bertz CT molecular complexity index is 491. The third-order valence-electron chi connectivity index (χ3n) is 4.06. The van der Waals surface area contributed by atoms with Crippen LogP contribution in [0, 0.1) is 18.7 Å². The van der Waals surface area contributed by atoms with E-state index in [1.165, 1.54) is 6.07 Å². The standard InChI is InChI=1S/C15H18FNO2/c1-9-4-10(2-3-14(9)16)15(18)11-5-12-7-19-8-13(6-11)17-12/h2-4,11-13,17H,5-8H2,1H3. The van der Waals surface area contributed by atoms with Gasteiger partial charge in [-0.15, -0.1) is 0 Å². The molecule has 2 bridgehead atoms. The number of morpholine rings is 1. The van der Waals surface area contributed by atoms with Crippen LogP contribution >= 0.6 is 0 Å². The molecule has 4 heteroatoms. The first-order valence-electron chi connectivity index (χ1n) is 6.77. The zero-order chi connectivity index (χ0) is 13.4. The Kier molecular flexibility index (Phi) is 3.37. The third-order valence-corrected chi connectivity index (χ3v) is 4.06. The van der Waals surface area contributed by atoms with E-state index in [1.54, 1.807) is 19.1 Å². The minimum atomic E-state index is -0.257. The quantitative estimate of drug-likeness (QED) is 0.830. The molecule has 0 aromatic heterocycles. The highest BCUT2D eigenvalue weighted by Crippen LogP contribution is 2.27. The van der Waals surface area contributed by atoms with Gasteiger partial charge in [-0.2, -0.15) is 0 Å². The van der Waals surface area contributed by atoms with Crippen molar-refractivity contribution in [3.8, 4) is 0 Å². The molecule has 0 spiro atoms. The normalized spacial score (nSPS) is 30.1. The van der Waals surface area contributed by atoms with Gasteiger partial charge < -0.3 is 10.1 Å². The Balaban J connectivity index is 1.78. The van der Waals surface area contributed by atoms with Crippen LogP contribution in [0.1, 0.15) is 28.8 Å². The van der Waals surface area contributed by atoms with Crippen molar-refractivity contribution < 1.29 is 13.9 Å². The Morgan fingerprint density at radius 3 is 2.63 bits per heavy atom. The number of ether oxygens (including phenoxy) is 1. The summed E-state index contributed by atoms with van der Waals surface area (Å²) in [6.07, 6.45) is 1.62. The highest BCUT2D eigenvalue weighted by atomic mass is 19.1. The predicted octanol–water partition coefficient (Wildman–Crippen LogP) is 2.08. The van der Waals surface area contributed by atoms with Gasteiger partial charge in [0.2, 0.25) is 0 Å². The number of hydrogen-bond donors (Lipinski definition) is 1. The minimum Gasteiger partial charge on any atom is -0.378 e. The molecule has 1 aromatic carbocycles. The lowest BCUT2D eigenvalue weighted by Gasteiger charge is -2.39. The summed E-state index contributed by atoms with van der Waals surface area (Å²) in [5.41, 5.74) is 1.16. The summed E-state index contributed by atoms with van der Waals surface area (Å²) in [6.45, 7) is 3.06. The van der Waals surface area contributed by atoms with Crippen molar-refractivity contribution >= 4 is 5.78 Å². The van der Waals surface area contributed by atoms with Crippen LogP contribution in [0.5, 0.6) is 0 Å². The molecule has 0 radical (unpaired) electrons. The summed E-state index contributed by atoms with van der Waals surface area (Å²) in [6, 6.07) is 5.20. The van der Waals surface area contributed by atoms with E-state index in [9.17, 15) is 9.18 Å². The lowest BCUT2D eigenvalue weighted by molar-refractivity contribution is 0.00952. The average Bonchev–Trinajstić information content (AvgIpc) is 2.40. The zero-order valence-electron chi connectivity index (χ0n) is 11.0. The van der Waals surface area contributed by atoms with Crippen LogP contribution in [0.15, 0.2) is 18.2 Å². The second kappa shape index (κ2) is 5.02. The Labute approximate surface area is 112 Å². The lowest BCUT2D eigenvalue weighted by Crippen LogP contribution is -2.55. The number of carbonyl (C=O) groups excluding carboxylic acids is 1. The molecular weight excluding hydrogens is 245 g/mol. The minimum absolute atomic E-state index is 0.0324. The van der Waals surface area contributed by atoms with E-state index < -0.39 is 0 Å². The molecule has 2 unspecified atom stereocenters. The van der Waals surface area contributed by atoms with Crippen molar-refractivity contribution in [2.24, 2.45) is 5.92 Å². The third kappa shape index (κ3) is 2.55. The maximum Gasteiger partial charge on any atom is 0.166 e. The van der Waals surface area contributed by atoms with Gasteiger partial charge >= 0.3 is 0 Å². The molecule has 3 rings (SSSR count). The summed E-state index contributed by atoms with van der Waals surface area (Å²) in [7, 11) is 0. The molecule has 2 aliphatic rings.